The van der Waals surface area contributed by atoms with Gasteiger partial charge in [0.15, 0.2) is 0 Å². The van der Waals surface area contributed by atoms with Gasteiger partial charge in [0.05, 0.1) is 12.2 Å². The van der Waals surface area contributed by atoms with Crippen molar-refractivity contribution in [2.75, 3.05) is 33.4 Å². The highest BCUT2D eigenvalue weighted by molar-refractivity contribution is 5.97. The van der Waals surface area contributed by atoms with Crippen LogP contribution in [0.5, 0.6) is 0 Å². The Labute approximate surface area is 125 Å². The number of aliphatic hydroxyl groups is 1. The van der Waals surface area contributed by atoms with Gasteiger partial charge in [-0.2, -0.15) is 0 Å². The Morgan fingerprint density at radius 2 is 2.33 bits per heavy atom. The average molecular weight is 287 g/mol. The third-order valence-corrected chi connectivity index (χ3v) is 3.68. The molecule has 4 nitrogen and oxygen atoms in total. The highest BCUT2D eigenvalue weighted by Crippen LogP contribution is 2.21. The van der Waals surface area contributed by atoms with E-state index in [0.717, 1.165) is 25.1 Å². The van der Waals surface area contributed by atoms with Crippen molar-refractivity contribution in [3.63, 3.8) is 0 Å². The van der Waals surface area contributed by atoms with E-state index in [0.29, 0.717) is 23.7 Å². The van der Waals surface area contributed by atoms with Crippen LogP contribution >= 0.6 is 0 Å². The van der Waals surface area contributed by atoms with Crippen LogP contribution in [0, 0.1) is 24.7 Å². The van der Waals surface area contributed by atoms with Gasteiger partial charge in [0, 0.05) is 31.7 Å². The van der Waals surface area contributed by atoms with Gasteiger partial charge in [-0.3, -0.25) is 4.79 Å². The topological polar surface area (TPSA) is 49.8 Å². The molecule has 1 unspecified atom stereocenters. The molecule has 1 aromatic carbocycles. The van der Waals surface area contributed by atoms with Crippen molar-refractivity contribution in [1.82, 2.24) is 4.90 Å². The molecule has 1 heterocycles. The summed E-state index contributed by atoms with van der Waals surface area (Å²) in [5.74, 6) is 5.90. The van der Waals surface area contributed by atoms with Gasteiger partial charge in [0.25, 0.3) is 5.91 Å². The van der Waals surface area contributed by atoms with Crippen LogP contribution in [0.2, 0.25) is 0 Å². The number of ether oxygens (including phenoxy) is 1. The zero-order chi connectivity index (χ0) is 15.2. The summed E-state index contributed by atoms with van der Waals surface area (Å²) in [6, 6.07) is 5.64. The monoisotopic (exact) mass is 287 g/mol. The summed E-state index contributed by atoms with van der Waals surface area (Å²) in [5, 5.41) is 8.83. The molecule has 1 aliphatic rings. The van der Waals surface area contributed by atoms with Gasteiger partial charge in [-0.05, 0) is 25.5 Å². The molecule has 1 N–H and O–H groups in total. The molecule has 21 heavy (non-hydrogen) atoms. The zero-order valence-electron chi connectivity index (χ0n) is 12.6. The van der Waals surface area contributed by atoms with Gasteiger partial charge in [0.1, 0.15) is 6.61 Å². The molecule has 1 atom stereocenters. The summed E-state index contributed by atoms with van der Waals surface area (Å²) < 4.78 is 5.17. The summed E-state index contributed by atoms with van der Waals surface area (Å²) in [6.07, 6.45) is 0.975. The van der Waals surface area contributed by atoms with Gasteiger partial charge in [-0.15, -0.1) is 0 Å². The number of nitrogens with zero attached hydrogens (tertiary/aromatic N) is 1. The van der Waals surface area contributed by atoms with E-state index < -0.39 is 0 Å². The van der Waals surface area contributed by atoms with Crippen LogP contribution < -0.4 is 0 Å². The van der Waals surface area contributed by atoms with E-state index in [-0.39, 0.29) is 12.5 Å². The van der Waals surface area contributed by atoms with E-state index in [9.17, 15) is 4.79 Å². The third kappa shape index (κ3) is 3.84. The van der Waals surface area contributed by atoms with Crippen LogP contribution in [0.4, 0.5) is 0 Å². The summed E-state index contributed by atoms with van der Waals surface area (Å²) >= 11 is 0. The molecule has 1 aliphatic heterocycles. The Morgan fingerprint density at radius 1 is 1.52 bits per heavy atom. The SMILES string of the molecule is COCC1CCN(C(=O)c2cc(C)ccc2C#CCO)C1. The average Bonchev–Trinajstić information content (AvgIpc) is 2.94. The predicted octanol–water partition coefficient (Wildman–Crippen LogP) is 1.45. The van der Waals surface area contributed by atoms with Crippen molar-refractivity contribution in [3.8, 4) is 11.8 Å². The number of carbonyl (C=O) groups is 1. The molecule has 1 saturated heterocycles. The first-order valence-corrected chi connectivity index (χ1v) is 7.14. The normalized spacial score (nSPS) is 17.5. The molecule has 112 valence electrons. The molecule has 1 amide bonds. The van der Waals surface area contributed by atoms with E-state index >= 15 is 0 Å². The van der Waals surface area contributed by atoms with Crippen molar-refractivity contribution in [2.45, 2.75) is 13.3 Å². The van der Waals surface area contributed by atoms with E-state index in [1.165, 1.54) is 0 Å². The first kappa shape index (κ1) is 15.6. The molecule has 0 spiro atoms. The van der Waals surface area contributed by atoms with E-state index in [1.807, 2.05) is 30.0 Å². The second-order valence-electron chi connectivity index (χ2n) is 5.37. The van der Waals surface area contributed by atoms with Gasteiger partial charge in [-0.25, -0.2) is 0 Å². The Bertz CT molecular complexity index is 571. The molecule has 0 aliphatic carbocycles. The van der Waals surface area contributed by atoms with Crippen molar-refractivity contribution in [2.24, 2.45) is 5.92 Å². The second kappa shape index (κ2) is 7.26. The fourth-order valence-electron chi connectivity index (χ4n) is 2.64. The maximum absolute atomic E-state index is 12.7. The Morgan fingerprint density at radius 3 is 3.05 bits per heavy atom. The fraction of sp³-hybridized carbons (Fsp3) is 0.471. The van der Waals surface area contributed by atoms with Gasteiger partial charge < -0.3 is 14.7 Å². The number of carbonyl (C=O) groups excluding carboxylic acids is 1. The van der Waals surface area contributed by atoms with Crippen LogP contribution in [-0.4, -0.2) is 49.3 Å². The standard InChI is InChI=1S/C17H21NO3/c1-13-5-6-15(4-3-9-19)16(10-13)17(20)18-8-7-14(11-18)12-21-2/h5-6,10,14,19H,7-9,11-12H2,1-2H3. The van der Waals surface area contributed by atoms with Crippen molar-refractivity contribution in [1.29, 1.82) is 0 Å². The lowest BCUT2D eigenvalue weighted by Gasteiger charge is -2.18. The van der Waals surface area contributed by atoms with Gasteiger partial charge >= 0.3 is 0 Å². The highest BCUT2D eigenvalue weighted by Gasteiger charge is 2.27. The van der Waals surface area contributed by atoms with Crippen molar-refractivity contribution < 1.29 is 14.6 Å². The molecule has 4 heteroatoms. The Balaban J connectivity index is 2.21. The van der Waals surface area contributed by atoms with Gasteiger partial charge in [-0.1, -0.05) is 23.5 Å². The minimum atomic E-state index is -0.207. The van der Waals surface area contributed by atoms with Crippen LogP contribution in [0.1, 0.15) is 27.9 Å². The fourth-order valence-corrected chi connectivity index (χ4v) is 2.64. The zero-order valence-corrected chi connectivity index (χ0v) is 12.6. The molecule has 0 radical (unpaired) electrons. The highest BCUT2D eigenvalue weighted by atomic mass is 16.5. The molecule has 0 saturated carbocycles. The van der Waals surface area contributed by atoms with Crippen LogP contribution in [-0.2, 0) is 4.74 Å². The van der Waals surface area contributed by atoms with Gasteiger partial charge in [0.2, 0.25) is 0 Å². The Hall–Kier alpha value is -1.83. The minimum absolute atomic E-state index is 0.0135. The maximum atomic E-state index is 12.7. The smallest absolute Gasteiger partial charge is 0.255 e. The maximum Gasteiger partial charge on any atom is 0.255 e. The third-order valence-electron chi connectivity index (χ3n) is 3.68. The first-order valence-electron chi connectivity index (χ1n) is 7.14. The Kier molecular flexibility index (Phi) is 5.38. The molecule has 0 aromatic heterocycles. The molecule has 1 fully saturated rings. The lowest BCUT2D eigenvalue weighted by atomic mass is 10.0. The number of amides is 1. The van der Waals surface area contributed by atoms with Crippen LogP contribution in [0.3, 0.4) is 0 Å². The number of likely N-dealkylation sites (tertiary alicyclic amines) is 1. The number of hydrogen-bond acceptors (Lipinski definition) is 3. The lowest BCUT2D eigenvalue weighted by molar-refractivity contribution is 0.0775. The molecule has 2 rings (SSSR count). The number of methoxy groups -OCH3 is 1. The summed E-state index contributed by atoms with van der Waals surface area (Å²) in [6.45, 7) is 3.93. The summed E-state index contributed by atoms with van der Waals surface area (Å²) in [4.78, 5) is 14.6. The van der Waals surface area contributed by atoms with Crippen LogP contribution in [0.15, 0.2) is 18.2 Å². The lowest BCUT2D eigenvalue weighted by Crippen LogP contribution is -2.30. The summed E-state index contributed by atoms with van der Waals surface area (Å²) in [7, 11) is 1.69. The number of rotatable bonds is 3. The van der Waals surface area contributed by atoms with Crippen LogP contribution in [0.25, 0.3) is 0 Å². The molecule has 0 bridgehead atoms. The summed E-state index contributed by atoms with van der Waals surface area (Å²) in [5.41, 5.74) is 2.32. The van der Waals surface area contributed by atoms with Crippen molar-refractivity contribution >= 4 is 5.91 Å². The second-order valence-corrected chi connectivity index (χ2v) is 5.37. The van der Waals surface area contributed by atoms with E-state index in [1.54, 1.807) is 7.11 Å². The molecular weight excluding hydrogens is 266 g/mol. The van der Waals surface area contributed by atoms with E-state index in [4.69, 9.17) is 9.84 Å². The quantitative estimate of drug-likeness (QED) is 0.856. The molecular formula is C17H21NO3. The largest absolute Gasteiger partial charge is 0.384 e. The number of aryl methyl sites for hydroxylation is 1. The first-order chi connectivity index (χ1) is 10.2. The number of benzene rings is 1. The molecule has 1 aromatic rings. The minimum Gasteiger partial charge on any atom is -0.384 e. The van der Waals surface area contributed by atoms with Crippen molar-refractivity contribution in [3.05, 3.63) is 34.9 Å². The number of aliphatic hydroxyl groups excluding tert-OH is 1. The predicted molar refractivity (Wildman–Crippen MR) is 81.0 cm³/mol. The van der Waals surface area contributed by atoms with E-state index in [2.05, 4.69) is 11.8 Å². The number of hydrogen-bond donors (Lipinski definition) is 1.